The molecule has 0 spiro atoms. The van der Waals surface area contributed by atoms with Crippen molar-refractivity contribution in [3.05, 3.63) is 87.6 Å². The lowest BCUT2D eigenvalue weighted by atomic mass is 10.0. The lowest BCUT2D eigenvalue weighted by Gasteiger charge is -2.30. The highest BCUT2D eigenvalue weighted by Gasteiger charge is 2.20. The fraction of sp³-hybridized carbons (Fsp3) is 0.355. The zero-order valence-electron chi connectivity index (χ0n) is 22.2. The second-order valence-electron chi connectivity index (χ2n) is 9.29. The number of benzene rings is 3. The molecule has 3 aromatic carbocycles. The maximum absolute atomic E-state index is 13.4. The molecule has 0 saturated heterocycles. The van der Waals surface area contributed by atoms with Crippen LogP contribution in [-0.2, 0) is 13.0 Å². The van der Waals surface area contributed by atoms with Crippen molar-refractivity contribution in [2.75, 3.05) is 27.9 Å². The summed E-state index contributed by atoms with van der Waals surface area (Å²) in [6.45, 7) is 5.95. The van der Waals surface area contributed by atoms with Crippen LogP contribution in [0, 0.1) is 23.6 Å². The van der Waals surface area contributed by atoms with Crippen LogP contribution in [0.4, 0.5) is 4.39 Å². The second kappa shape index (κ2) is 14.1. The minimum Gasteiger partial charge on any atom is -0.497 e. The Hall–Kier alpha value is -3.01. The molecule has 0 fully saturated rings. The number of methoxy groups -OCH3 is 3. The predicted octanol–water partition coefficient (Wildman–Crippen LogP) is 7.13. The lowest BCUT2D eigenvalue weighted by molar-refractivity contribution is 0.206. The molecule has 3 aromatic rings. The van der Waals surface area contributed by atoms with Crippen LogP contribution in [0.5, 0.6) is 17.2 Å². The van der Waals surface area contributed by atoms with Gasteiger partial charge in [0.25, 0.3) is 0 Å². The Morgan fingerprint density at radius 3 is 2.14 bits per heavy atom. The minimum atomic E-state index is -0.258. The van der Waals surface area contributed by atoms with E-state index in [4.69, 9.17) is 14.2 Å². The third-order valence-corrected chi connectivity index (χ3v) is 6.87. The number of halogens is 2. The van der Waals surface area contributed by atoms with Crippen LogP contribution >= 0.6 is 15.9 Å². The average Bonchev–Trinajstić information content (AvgIpc) is 2.90. The van der Waals surface area contributed by atoms with Gasteiger partial charge in [-0.1, -0.05) is 53.8 Å². The summed E-state index contributed by atoms with van der Waals surface area (Å²) in [5.41, 5.74) is 3.12. The van der Waals surface area contributed by atoms with Gasteiger partial charge in [0.1, 0.15) is 11.6 Å². The molecule has 1 unspecified atom stereocenters. The summed E-state index contributed by atoms with van der Waals surface area (Å²) in [4.78, 5) is 2.42. The van der Waals surface area contributed by atoms with Gasteiger partial charge in [0, 0.05) is 23.1 Å². The zero-order valence-corrected chi connectivity index (χ0v) is 23.8. The molecular formula is C31H35BrFNO3. The van der Waals surface area contributed by atoms with Crippen LogP contribution in [0.25, 0.3) is 0 Å². The summed E-state index contributed by atoms with van der Waals surface area (Å²) in [6.07, 6.45) is 1.71. The lowest BCUT2D eigenvalue weighted by Crippen LogP contribution is -2.36. The topological polar surface area (TPSA) is 30.9 Å². The molecule has 0 aliphatic rings. The maximum atomic E-state index is 13.4. The van der Waals surface area contributed by atoms with E-state index in [1.165, 1.54) is 17.7 Å². The van der Waals surface area contributed by atoms with E-state index in [2.05, 4.69) is 58.7 Å². The standard InChI is InChI=1S/C31H35BrFNO3/c1-22(2)18-27(13-8-23-6-11-26(33)12-7-23)34(21-24-9-14-28(35-3)15-10-24)17-16-25-19-30(36-4)31(37-5)20-29(25)32/h6-7,9-12,14-15,19-20,22,27H,16-18,21H2,1-5H3. The SMILES string of the molecule is COc1ccc(CN(CCc2cc(OC)c(OC)cc2Br)C(C#Cc2ccc(F)cc2)CC(C)C)cc1. The Bertz CT molecular complexity index is 1200. The molecular weight excluding hydrogens is 533 g/mol. The van der Waals surface area contributed by atoms with Crippen LogP contribution in [0.2, 0.25) is 0 Å². The Kier molecular flexibility index (Phi) is 10.9. The van der Waals surface area contributed by atoms with Gasteiger partial charge in [-0.25, -0.2) is 4.39 Å². The molecule has 0 aliphatic carbocycles. The van der Waals surface area contributed by atoms with Crippen molar-refractivity contribution in [2.24, 2.45) is 5.92 Å². The van der Waals surface area contributed by atoms with E-state index >= 15 is 0 Å². The van der Waals surface area contributed by atoms with Gasteiger partial charge in [0.15, 0.2) is 11.5 Å². The van der Waals surface area contributed by atoms with E-state index < -0.39 is 0 Å². The van der Waals surface area contributed by atoms with E-state index in [-0.39, 0.29) is 11.9 Å². The van der Waals surface area contributed by atoms with Crippen LogP contribution in [0.15, 0.2) is 65.1 Å². The van der Waals surface area contributed by atoms with Crippen molar-refractivity contribution in [3.63, 3.8) is 0 Å². The quantitative estimate of drug-likeness (QED) is 0.231. The first-order valence-electron chi connectivity index (χ1n) is 12.4. The van der Waals surface area contributed by atoms with Crippen molar-refractivity contribution >= 4 is 15.9 Å². The largest absolute Gasteiger partial charge is 0.497 e. The van der Waals surface area contributed by atoms with Crippen molar-refractivity contribution in [2.45, 2.75) is 39.3 Å². The highest BCUT2D eigenvalue weighted by atomic mass is 79.9. The van der Waals surface area contributed by atoms with Gasteiger partial charge in [-0.15, -0.1) is 0 Å². The summed E-state index contributed by atoms with van der Waals surface area (Å²) >= 11 is 3.70. The zero-order chi connectivity index (χ0) is 26.8. The molecule has 0 saturated carbocycles. The van der Waals surface area contributed by atoms with Gasteiger partial charge in [0.2, 0.25) is 0 Å². The van der Waals surface area contributed by atoms with Crippen molar-refractivity contribution in [1.82, 2.24) is 4.90 Å². The molecule has 0 bridgehead atoms. The Morgan fingerprint density at radius 1 is 0.892 bits per heavy atom. The first kappa shape index (κ1) is 28.6. The molecule has 3 rings (SSSR count). The second-order valence-corrected chi connectivity index (χ2v) is 10.1. The fourth-order valence-corrected chi connectivity index (χ4v) is 4.63. The van der Waals surface area contributed by atoms with E-state index in [0.29, 0.717) is 17.4 Å². The highest BCUT2D eigenvalue weighted by Crippen LogP contribution is 2.33. The molecule has 196 valence electrons. The van der Waals surface area contributed by atoms with Crippen LogP contribution in [-0.4, -0.2) is 38.8 Å². The number of ether oxygens (including phenoxy) is 3. The minimum absolute atomic E-state index is 0.0195. The Labute approximate surface area is 228 Å². The molecule has 0 amide bonds. The smallest absolute Gasteiger partial charge is 0.161 e. The summed E-state index contributed by atoms with van der Waals surface area (Å²) in [5, 5.41) is 0. The monoisotopic (exact) mass is 567 g/mol. The summed E-state index contributed by atoms with van der Waals surface area (Å²) in [7, 11) is 4.96. The molecule has 0 aromatic heterocycles. The number of hydrogen-bond donors (Lipinski definition) is 0. The van der Waals surface area contributed by atoms with Gasteiger partial charge in [-0.05, 0) is 78.4 Å². The summed E-state index contributed by atoms with van der Waals surface area (Å²) in [5.74, 6) is 9.20. The van der Waals surface area contributed by atoms with Crippen molar-refractivity contribution < 1.29 is 18.6 Å². The molecule has 0 N–H and O–H groups in total. The van der Waals surface area contributed by atoms with Crippen LogP contribution in [0.3, 0.4) is 0 Å². The first-order chi connectivity index (χ1) is 17.8. The highest BCUT2D eigenvalue weighted by molar-refractivity contribution is 9.10. The number of hydrogen-bond acceptors (Lipinski definition) is 4. The summed E-state index contributed by atoms with van der Waals surface area (Å²) < 4.78 is 30.7. The molecule has 37 heavy (non-hydrogen) atoms. The van der Waals surface area contributed by atoms with E-state index in [9.17, 15) is 4.39 Å². The fourth-order valence-electron chi connectivity index (χ4n) is 4.11. The predicted molar refractivity (Wildman–Crippen MR) is 151 cm³/mol. The maximum Gasteiger partial charge on any atom is 0.161 e. The molecule has 0 radical (unpaired) electrons. The molecule has 0 heterocycles. The van der Waals surface area contributed by atoms with Gasteiger partial charge < -0.3 is 14.2 Å². The van der Waals surface area contributed by atoms with Crippen molar-refractivity contribution in [1.29, 1.82) is 0 Å². The molecule has 4 nitrogen and oxygen atoms in total. The molecule has 0 aliphatic heterocycles. The Balaban J connectivity index is 1.92. The van der Waals surface area contributed by atoms with E-state index in [1.807, 2.05) is 24.3 Å². The van der Waals surface area contributed by atoms with E-state index in [0.717, 1.165) is 47.3 Å². The van der Waals surface area contributed by atoms with Crippen LogP contribution in [0.1, 0.15) is 37.0 Å². The third kappa shape index (κ3) is 8.52. The number of nitrogens with zero attached hydrogens (tertiary/aromatic N) is 1. The first-order valence-corrected chi connectivity index (χ1v) is 13.2. The van der Waals surface area contributed by atoms with Gasteiger partial charge in [-0.3, -0.25) is 4.90 Å². The van der Waals surface area contributed by atoms with Gasteiger partial charge in [-0.2, -0.15) is 0 Å². The van der Waals surface area contributed by atoms with Crippen LogP contribution < -0.4 is 14.2 Å². The number of rotatable bonds is 11. The normalized spacial score (nSPS) is 11.7. The van der Waals surface area contributed by atoms with Gasteiger partial charge >= 0.3 is 0 Å². The average molecular weight is 569 g/mol. The van der Waals surface area contributed by atoms with Gasteiger partial charge in [0.05, 0.1) is 27.4 Å². The third-order valence-electron chi connectivity index (χ3n) is 6.13. The molecule has 6 heteroatoms. The van der Waals surface area contributed by atoms with Crippen molar-refractivity contribution in [3.8, 4) is 29.1 Å². The summed E-state index contributed by atoms with van der Waals surface area (Å²) in [6, 6.07) is 18.5. The Morgan fingerprint density at radius 2 is 1.54 bits per heavy atom. The molecule has 1 atom stereocenters. The van der Waals surface area contributed by atoms with E-state index in [1.54, 1.807) is 33.5 Å².